The minimum Gasteiger partial charge on any atom is -0.486 e. The molecule has 1 unspecified atom stereocenters. The third kappa shape index (κ3) is 5.88. The first kappa shape index (κ1) is 21.9. The highest BCUT2D eigenvalue weighted by Crippen LogP contribution is 2.22. The molecule has 1 aromatic carbocycles. The van der Waals surface area contributed by atoms with Gasteiger partial charge in [-0.3, -0.25) is 10.1 Å². The quantitative estimate of drug-likeness (QED) is 0.453. The number of rotatable bonds is 7. The number of nitrogens with zero attached hydrogens (tertiary/aromatic N) is 3. The van der Waals surface area contributed by atoms with Crippen molar-refractivity contribution in [1.29, 1.82) is 0 Å². The zero-order chi connectivity index (χ0) is 21.7. The maximum atomic E-state index is 12.3. The third-order valence-electron chi connectivity index (χ3n) is 4.88. The van der Waals surface area contributed by atoms with E-state index in [1.807, 2.05) is 26.0 Å². The SMILES string of the molecule is Cc1cc(C)cc(OCc2nnc(SC(C)C(=O)NC(=O)NC3CCCC3)n2N)c1. The number of carbonyl (C=O) groups excluding carboxylic acids is 2. The van der Waals surface area contributed by atoms with Gasteiger partial charge in [0, 0.05) is 6.04 Å². The molecule has 1 fully saturated rings. The minimum absolute atomic E-state index is 0.146. The molecular formula is C20H28N6O3S. The number of thioether (sulfide) groups is 1. The van der Waals surface area contributed by atoms with Crippen LogP contribution in [0.4, 0.5) is 4.79 Å². The molecule has 10 heteroatoms. The fraction of sp³-hybridized carbons (Fsp3) is 0.500. The van der Waals surface area contributed by atoms with Gasteiger partial charge in [0.2, 0.25) is 11.1 Å². The Morgan fingerprint density at radius 2 is 1.90 bits per heavy atom. The van der Waals surface area contributed by atoms with Crippen molar-refractivity contribution in [3.8, 4) is 5.75 Å². The number of nitrogen functional groups attached to an aromatic ring is 1. The molecule has 1 aliphatic rings. The number of hydrogen-bond acceptors (Lipinski definition) is 7. The number of amides is 3. The number of nitrogens with two attached hydrogens (primary N) is 1. The Hall–Kier alpha value is -2.75. The van der Waals surface area contributed by atoms with Crippen LogP contribution in [0.15, 0.2) is 23.4 Å². The van der Waals surface area contributed by atoms with Gasteiger partial charge < -0.3 is 15.9 Å². The van der Waals surface area contributed by atoms with Crippen LogP contribution in [0.2, 0.25) is 0 Å². The summed E-state index contributed by atoms with van der Waals surface area (Å²) in [5.41, 5.74) is 2.21. The van der Waals surface area contributed by atoms with Gasteiger partial charge in [0.25, 0.3) is 0 Å². The maximum absolute atomic E-state index is 12.3. The molecule has 1 atom stereocenters. The van der Waals surface area contributed by atoms with E-state index in [1.165, 1.54) is 4.68 Å². The van der Waals surface area contributed by atoms with E-state index in [-0.39, 0.29) is 12.6 Å². The van der Waals surface area contributed by atoms with Gasteiger partial charge in [-0.15, -0.1) is 10.2 Å². The lowest BCUT2D eigenvalue weighted by Crippen LogP contribution is -2.46. The Balaban J connectivity index is 1.51. The topological polar surface area (TPSA) is 124 Å². The number of nitrogens with one attached hydrogen (secondary N) is 2. The summed E-state index contributed by atoms with van der Waals surface area (Å²) in [7, 11) is 0. The molecule has 1 aromatic heterocycles. The van der Waals surface area contributed by atoms with Crippen LogP contribution in [0.1, 0.15) is 49.6 Å². The predicted molar refractivity (Wildman–Crippen MR) is 115 cm³/mol. The summed E-state index contributed by atoms with van der Waals surface area (Å²) in [5.74, 6) is 6.82. The van der Waals surface area contributed by atoms with Crippen LogP contribution in [-0.2, 0) is 11.4 Å². The van der Waals surface area contributed by atoms with Gasteiger partial charge in [-0.25, -0.2) is 9.47 Å². The fourth-order valence-electron chi connectivity index (χ4n) is 3.37. The summed E-state index contributed by atoms with van der Waals surface area (Å²) < 4.78 is 7.07. The second-order valence-corrected chi connectivity index (χ2v) is 8.89. The summed E-state index contributed by atoms with van der Waals surface area (Å²) in [6.07, 6.45) is 4.12. The third-order valence-corrected chi connectivity index (χ3v) is 5.93. The highest BCUT2D eigenvalue weighted by atomic mass is 32.2. The molecule has 0 bridgehead atoms. The van der Waals surface area contributed by atoms with Crippen molar-refractivity contribution < 1.29 is 14.3 Å². The zero-order valence-electron chi connectivity index (χ0n) is 17.5. The van der Waals surface area contributed by atoms with Crippen LogP contribution in [-0.4, -0.2) is 38.1 Å². The number of carbonyl (C=O) groups is 2. The highest BCUT2D eigenvalue weighted by Gasteiger charge is 2.23. The molecule has 0 radical (unpaired) electrons. The van der Waals surface area contributed by atoms with E-state index in [4.69, 9.17) is 10.6 Å². The van der Waals surface area contributed by atoms with Crippen LogP contribution in [0, 0.1) is 13.8 Å². The van der Waals surface area contributed by atoms with E-state index in [0.29, 0.717) is 11.0 Å². The summed E-state index contributed by atoms with van der Waals surface area (Å²) in [4.78, 5) is 24.3. The van der Waals surface area contributed by atoms with Crippen LogP contribution in [0.3, 0.4) is 0 Å². The van der Waals surface area contributed by atoms with E-state index in [0.717, 1.165) is 54.3 Å². The Morgan fingerprint density at radius 3 is 2.57 bits per heavy atom. The number of urea groups is 1. The molecule has 0 spiro atoms. The molecule has 162 valence electrons. The molecule has 4 N–H and O–H groups in total. The van der Waals surface area contributed by atoms with E-state index >= 15 is 0 Å². The zero-order valence-corrected chi connectivity index (χ0v) is 18.3. The van der Waals surface area contributed by atoms with Gasteiger partial charge in [-0.2, -0.15) is 0 Å². The van der Waals surface area contributed by atoms with E-state index in [1.54, 1.807) is 6.92 Å². The molecule has 3 amide bonds. The Kier molecular flexibility index (Phi) is 7.20. The maximum Gasteiger partial charge on any atom is 0.321 e. The average Bonchev–Trinajstić information content (AvgIpc) is 3.29. The summed E-state index contributed by atoms with van der Waals surface area (Å²) >= 11 is 1.13. The van der Waals surface area contributed by atoms with E-state index in [2.05, 4.69) is 26.9 Å². The van der Waals surface area contributed by atoms with Gasteiger partial charge in [-0.05, 0) is 56.9 Å². The second kappa shape index (κ2) is 9.84. The monoisotopic (exact) mass is 432 g/mol. The second-order valence-electron chi connectivity index (χ2n) is 7.59. The van der Waals surface area contributed by atoms with Crippen LogP contribution in [0.5, 0.6) is 5.75 Å². The normalized spacial score (nSPS) is 15.0. The van der Waals surface area contributed by atoms with Crippen molar-refractivity contribution in [3.63, 3.8) is 0 Å². The molecule has 1 heterocycles. The van der Waals surface area contributed by atoms with Gasteiger partial charge in [-0.1, -0.05) is 30.7 Å². The molecule has 9 nitrogen and oxygen atoms in total. The van der Waals surface area contributed by atoms with Crippen molar-refractivity contribution in [2.75, 3.05) is 5.84 Å². The first-order valence-electron chi connectivity index (χ1n) is 10.0. The standard InChI is InChI=1S/C20H28N6O3S/c1-12-8-13(2)10-16(9-12)29-11-17-24-25-20(26(17)21)30-14(3)18(27)23-19(28)22-15-6-4-5-7-15/h8-10,14-15H,4-7,11,21H2,1-3H3,(H2,22,23,27,28). The minimum atomic E-state index is -0.570. The number of ether oxygens (including phenoxy) is 1. The lowest BCUT2D eigenvalue weighted by atomic mass is 10.1. The molecule has 2 aromatic rings. The molecular weight excluding hydrogens is 404 g/mol. The molecule has 1 aliphatic carbocycles. The van der Waals surface area contributed by atoms with Crippen molar-refractivity contribution in [3.05, 3.63) is 35.2 Å². The summed E-state index contributed by atoms with van der Waals surface area (Å²) in [5, 5.41) is 13.1. The van der Waals surface area contributed by atoms with Crippen molar-refractivity contribution in [2.24, 2.45) is 0 Å². The van der Waals surface area contributed by atoms with Crippen molar-refractivity contribution >= 4 is 23.7 Å². The Bertz CT molecular complexity index is 890. The molecule has 3 rings (SSSR count). The van der Waals surface area contributed by atoms with Crippen LogP contribution in [0.25, 0.3) is 0 Å². The Morgan fingerprint density at radius 1 is 1.23 bits per heavy atom. The lowest BCUT2D eigenvalue weighted by molar-refractivity contribution is -0.119. The number of imide groups is 1. The van der Waals surface area contributed by atoms with E-state index in [9.17, 15) is 9.59 Å². The van der Waals surface area contributed by atoms with Gasteiger partial charge in [0.1, 0.15) is 12.4 Å². The van der Waals surface area contributed by atoms with Crippen LogP contribution >= 0.6 is 11.8 Å². The largest absolute Gasteiger partial charge is 0.486 e. The van der Waals surface area contributed by atoms with Gasteiger partial charge in [0.15, 0.2) is 5.82 Å². The predicted octanol–water partition coefficient (Wildman–Crippen LogP) is 2.44. The lowest BCUT2D eigenvalue weighted by Gasteiger charge is -2.14. The first-order valence-corrected chi connectivity index (χ1v) is 10.9. The Labute approximate surface area is 180 Å². The number of aryl methyl sites for hydroxylation is 2. The van der Waals surface area contributed by atoms with E-state index < -0.39 is 17.2 Å². The average molecular weight is 433 g/mol. The van der Waals surface area contributed by atoms with Crippen molar-refractivity contribution in [1.82, 2.24) is 25.5 Å². The van der Waals surface area contributed by atoms with Crippen molar-refractivity contribution in [2.45, 2.75) is 69.5 Å². The number of benzene rings is 1. The van der Waals surface area contributed by atoms with Crippen LogP contribution < -0.4 is 21.2 Å². The molecule has 1 saturated carbocycles. The molecule has 0 aliphatic heterocycles. The van der Waals surface area contributed by atoms with Gasteiger partial charge in [0.05, 0.1) is 5.25 Å². The number of aromatic nitrogens is 3. The smallest absolute Gasteiger partial charge is 0.321 e. The highest BCUT2D eigenvalue weighted by molar-refractivity contribution is 8.00. The van der Waals surface area contributed by atoms with Gasteiger partial charge >= 0.3 is 6.03 Å². The number of hydrogen-bond donors (Lipinski definition) is 3. The molecule has 0 saturated heterocycles. The fourth-order valence-corrected chi connectivity index (χ4v) is 4.16. The summed E-state index contributed by atoms with van der Waals surface area (Å²) in [6.45, 7) is 5.83. The first-order chi connectivity index (χ1) is 14.3. The molecule has 30 heavy (non-hydrogen) atoms. The summed E-state index contributed by atoms with van der Waals surface area (Å²) in [6, 6.07) is 5.61.